The molecule has 0 atom stereocenters. The second-order valence-corrected chi connectivity index (χ2v) is 12.1. The van der Waals surface area contributed by atoms with Crippen LogP contribution in [0.2, 0.25) is 5.02 Å². The Morgan fingerprint density at radius 3 is 2.33 bits per heavy atom. The van der Waals surface area contributed by atoms with E-state index in [0.29, 0.717) is 28.6 Å². The van der Waals surface area contributed by atoms with E-state index in [2.05, 4.69) is 37.6 Å². The lowest BCUT2D eigenvalue weighted by atomic mass is 10.1. The summed E-state index contributed by atoms with van der Waals surface area (Å²) in [6.07, 6.45) is 0. The number of rotatable bonds is 6. The molecule has 2 aromatic heterocycles. The molecule has 1 saturated heterocycles. The van der Waals surface area contributed by atoms with Crippen molar-refractivity contribution in [3.63, 3.8) is 0 Å². The average Bonchev–Trinajstić information content (AvgIpc) is 3.21. The molecule has 0 radical (unpaired) electrons. The van der Waals surface area contributed by atoms with E-state index in [4.69, 9.17) is 11.6 Å². The van der Waals surface area contributed by atoms with Gasteiger partial charge in [0.25, 0.3) is 15.9 Å². The summed E-state index contributed by atoms with van der Waals surface area (Å²) in [5, 5.41) is 0.641. The van der Waals surface area contributed by atoms with Crippen molar-refractivity contribution in [2.45, 2.75) is 32.2 Å². The number of fused-ring (bicyclic) bond motifs is 1. The lowest BCUT2D eigenvalue weighted by molar-refractivity contribution is 0.0976. The van der Waals surface area contributed by atoms with Gasteiger partial charge in [-0.15, -0.1) is 0 Å². The number of aryl methyl sites for hydroxylation is 3. The number of halogens is 1. The lowest BCUT2D eigenvalue weighted by Gasteiger charge is -2.34. The van der Waals surface area contributed by atoms with E-state index < -0.39 is 15.9 Å². The molecule has 0 saturated carbocycles. The van der Waals surface area contributed by atoms with E-state index in [-0.39, 0.29) is 10.6 Å². The molecule has 1 aliphatic heterocycles. The molecule has 39 heavy (non-hydrogen) atoms. The first-order valence-corrected chi connectivity index (χ1v) is 14.6. The highest BCUT2D eigenvalue weighted by atomic mass is 35.5. The van der Waals surface area contributed by atoms with E-state index in [1.54, 1.807) is 18.2 Å². The largest absolute Gasteiger partial charge is 0.369 e. The minimum absolute atomic E-state index is 0.00616. The fourth-order valence-electron chi connectivity index (χ4n) is 4.70. The number of nitrogens with one attached hydrogen (secondary N) is 1. The molecule has 2 aromatic carbocycles. The zero-order chi connectivity index (χ0) is 27.9. The van der Waals surface area contributed by atoms with Gasteiger partial charge in [-0.1, -0.05) is 35.4 Å². The third-order valence-corrected chi connectivity index (χ3v) is 8.81. The van der Waals surface area contributed by atoms with Crippen molar-refractivity contribution in [2.75, 3.05) is 38.1 Å². The van der Waals surface area contributed by atoms with Crippen LogP contribution in [0, 0.1) is 20.8 Å². The van der Waals surface area contributed by atoms with Gasteiger partial charge in [-0.05, 0) is 69.3 Å². The highest BCUT2D eigenvalue weighted by Crippen LogP contribution is 2.27. The molecule has 0 unspecified atom stereocenters. The highest BCUT2D eigenvalue weighted by Gasteiger charge is 2.22. The van der Waals surface area contributed by atoms with Crippen LogP contribution in [0.15, 0.2) is 53.4 Å². The first kappa shape index (κ1) is 27.1. The fraction of sp³-hybridized carbons (Fsp3) is 0.321. The van der Waals surface area contributed by atoms with Crippen LogP contribution in [-0.2, 0) is 16.6 Å². The second kappa shape index (κ2) is 10.6. The van der Waals surface area contributed by atoms with Crippen molar-refractivity contribution in [3.8, 4) is 0 Å². The van der Waals surface area contributed by atoms with E-state index in [1.807, 2.05) is 37.5 Å². The van der Waals surface area contributed by atoms with Gasteiger partial charge in [0.05, 0.1) is 11.4 Å². The van der Waals surface area contributed by atoms with Crippen LogP contribution in [0.5, 0.6) is 0 Å². The number of anilines is 1. The minimum Gasteiger partial charge on any atom is -0.369 e. The van der Waals surface area contributed by atoms with Crippen LogP contribution in [0.4, 0.5) is 5.69 Å². The number of piperazine rings is 1. The number of likely N-dealkylation sites (N-methyl/N-ethyl adjacent to an activating group) is 1. The number of sulfonamides is 1. The third-order valence-electron chi connectivity index (χ3n) is 7.11. The molecule has 0 spiro atoms. The molecule has 1 fully saturated rings. The zero-order valence-electron chi connectivity index (χ0n) is 22.4. The molecule has 3 heterocycles. The van der Waals surface area contributed by atoms with Crippen molar-refractivity contribution < 1.29 is 13.2 Å². The van der Waals surface area contributed by atoms with E-state index in [9.17, 15) is 13.2 Å². The van der Waals surface area contributed by atoms with E-state index >= 15 is 0 Å². The van der Waals surface area contributed by atoms with Crippen molar-refractivity contribution in [2.24, 2.45) is 0 Å². The Bertz CT molecular complexity index is 1660. The first-order chi connectivity index (χ1) is 18.5. The van der Waals surface area contributed by atoms with Gasteiger partial charge < -0.3 is 14.4 Å². The Balaban J connectivity index is 1.42. The number of nitrogens with zero attached hydrogens (tertiary/aromatic N) is 5. The van der Waals surface area contributed by atoms with Crippen LogP contribution in [0.1, 0.15) is 33.0 Å². The summed E-state index contributed by atoms with van der Waals surface area (Å²) in [6.45, 7) is 9.87. The maximum atomic E-state index is 13.0. The van der Waals surface area contributed by atoms with Gasteiger partial charge in [0.15, 0.2) is 5.65 Å². The standard InChI is InChI=1S/C28H31ClN6O3S/c1-18-5-9-23(10-6-18)39(37,38)32-28(36)25-15-19(2)26-27(31-25)35(20(3)30-26)17-21-7-8-22(16-24(21)29)34-13-11-33(4)12-14-34/h5-10,15-16H,11-14,17H2,1-4H3,(H,32,36). The molecule has 0 aliphatic carbocycles. The molecule has 1 aliphatic rings. The summed E-state index contributed by atoms with van der Waals surface area (Å²) in [6, 6.07) is 13.9. The van der Waals surface area contributed by atoms with Crippen molar-refractivity contribution >= 4 is 44.4 Å². The number of benzene rings is 2. The summed E-state index contributed by atoms with van der Waals surface area (Å²) in [5.74, 6) is -0.0924. The van der Waals surface area contributed by atoms with Gasteiger partial charge in [-0.25, -0.2) is 23.1 Å². The Hall–Kier alpha value is -3.47. The van der Waals surface area contributed by atoms with Gasteiger partial charge >= 0.3 is 0 Å². The fourth-order valence-corrected chi connectivity index (χ4v) is 5.90. The SMILES string of the molecule is Cc1ccc(S(=O)(=O)NC(=O)c2cc(C)c3nc(C)n(Cc4ccc(N5CCN(C)CC5)cc4Cl)c3n2)cc1. The summed E-state index contributed by atoms with van der Waals surface area (Å²) >= 11 is 6.73. The van der Waals surface area contributed by atoms with Gasteiger partial charge in [-0.2, -0.15) is 0 Å². The molecule has 11 heteroatoms. The minimum atomic E-state index is -4.05. The maximum absolute atomic E-state index is 13.0. The van der Waals surface area contributed by atoms with Gasteiger partial charge in [-0.3, -0.25) is 4.79 Å². The number of carbonyl (C=O) groups is 1. The van der Waals surface area contributed by atoms with Crippen molar-refractivity contribution in [1.82, 2.24) is 24.2 Å². The predicted molar refractivity (Wildman–Crippen MR) is 153 cm³/mol. The van der Waals surface area contributed by atoms with E-state index in [0.717, 1.165) is 48.6 Å². The summed E-state index contributed by atoms with van der Waals surface area (Å²) < 4.78 is 29.6. The summed E-state index contributed by atoms with van der Waals surface area (Å²) in [7, 11) is -1.93. The third kappa shape index (κ3) is 5.63. The zero-order valence-corrected chi connectivity index (χ0v) is 24.0. The highest BCUT2D eigenvalue weighted by molar-refractivity contribution is 7.90. The number of imidazole rings is 1. The predicted octanol–water partition coefficient (Wildman–Crippen LogP) is 3.93. The molecule has 0 bridgehead atoms. The molecule has 1 N–H and O–H groups in total. The number of hydrogen-bond acceptors (Lipinski definition) is 7. The summed E-state index contributed by atoms with van der Waals surface area (Å²) in [5.41, 5.74) is 4.76. The number of aromatic nitrogens is 3. The maximum Gasteiger partial charge on any atom is 0.283 e. The van der Waals surface area contributed by atoms with Gasteiger partial charge in [0, 0.05) is 36.9 Å². The quantitative estimate of drug-likeness (QED) is 0.377. The van der Waals surface area contributed by atoms with E-state index in [1.165, 1.54) is 12.1 Å². The van der Waals surface area contributed by atoms with Gasteiger partial charge in [0.1, 0.15) is 17.0 Å². The number of hydrogen-bond donors (Lipinski definition) is 1. The summed E-state index contributed by atoms with van der Waals surface area (Å²) in [4.78, 5) is 26.9. The normalized spacial score (nSPS) is 14.6. The first-order valence-electron chi connectivity index (χ1n) is 12.7. The van der Waals surface area contributed by atoms with Crippen LogP contribution in [0.3, 0.4) is 0 Å². The molecular weight excluding hydrogens is 536 g/mol. The topological polar surface area (TPSA) is 100 Å². The monoisotopic (exact) mass is 566 g/mol. The Labute approximate surface area is 233 Å². The molecule has 1 amide bonds. The molecular formula is C28H31ClN6O3S. The number of pyridine rings is 1. The number of carbonyl (C=O) groups excluding carboxylic acids is 1. The van der Waals surface area contributed by atoms with Crippen LogP contribution in [-0.4, -0.2) is 67.0 Å². The van der Waals surface area contributed by atoms with Crippen LogP contribution < -0.4 is 9.62 Å². The Morgan fingerprint density at radius 2 is 1.67 bits per heavy atom. The second-order valence-electron chi connectivity index (χ2n) is 10.1. The van der Waals surface area contributed by atoms with Gasteiger partial charge in [0.2, 0.25) is 0 Å². The van der Waals surface area contributed by atoms with Crippen LogP contribution in [0.25, 0.3) is 11.2 Å². The molecule has 5 rings (SSSR count). The molecule has 9 nitrogen and oxygen atoms in total. The average molecular weight is 567 g/mol. The number of amides is 1. The Morgan fingerprint density at radius 1 is 0.974 bits per heavy atom. The smallest absolute Gasteiger partial charge is 0.283 e. The molecule has 4 aromatic rings. The molecule has 204 valence electrons. The Kier molecular flexibility index (Phi) is 7.37. The lowest BCUT2D eigenvalue weighted by Crippen LogP contribution is -2.44. The van der Waals surface area contributed by atoms with Crippen LogP contribution >= 0.6 is 11.6 Å². The van der Waals surface area contributed by atoms with Crippen molar-refractivity contribution in [3.05, 3.63) is 81.8 Å². The van der Waals surface area contributed by atoms with Crippen molar-refractivity contribution in [1.29, 1.82) is 0 Å².